The number of nitrogens with zero attached hydrogens (tertiary/aromatic N) is 1. The van der Waals surface area contributed by atoms with Gasteiger partial charge in [0.05, 0.1) is 44.2 Å². The summed E-state index contributed by atoms with van der Waals surface area (Å²) in [5, 5.41) is 11.2. The fourth-order valence-corrected chi connectivity index (χ4v) is 3.76. The Morgan fingerprint density at radius 2 is 1.84 bits per heavy atom. The van der Waals surface area contributed by atoms with Crippen LogP contribution in [0.2, 0.25) is 0 Å². The first-order chi connectivity index (χ1) is 15.0. The fraction of sp³-hybridized carbons (Fsp3) is 0.167. The second-order valence-electron chi connectivity index (χ2n) is 6.98. The number of rotatable bonds is 6. The van der Waals surface area contributed by atoms with Crippen LogP contribution >= 0.6 is 0 Å². The molecule has 1 amide bonds. The van der Waals surface area contributed by atoms with Crippen molar-refractivity contribution in [3.05, 3.63) is 89.4 Å². The zero-order chi connectivity index (χ0) is 22.0. The molecule has 2 heterocycles. The van der Waals surface area contributed by atoms with E-state index in [-0.39, 0.29) is 17.9 Å². The lowest BCUT2D eigenvalue weighted by Gasteiger charge is -2.25. The van der Waals surface area contributed by atoms with Gasteiger partial charge in [-0.3, -0.25) is 9.59 Å². The molecule has 0 saturated carbocycles. The average molecular weight is 419 g/mol. The summed E-state index contributed by atoms with van der Waals surface area (Å²) in [7, 11) is 3.01. The maximum atomic E-state index is 13.1. The van der Waals surface area contributed by atoms with Crippen molar-refractivity contribution < 1.29 is 28.6 Å². The maximum Gasteiger partial charge on any atom is 0.296 e. The van der Waals surface area contributed by atoms with E-state index >= 15 is 0 Å². The highest BCUT2D eigenvalue weighted by molar-refractivity contribution is 6.46. The van der Waals surface area contributed by atoms with Gasteiger partial charge in [0.2, 0.25) is 0 Å². The molecule has 158 valence electrons. The number of benzene rings is 2. The Labute approximate surface area is 179 Å². The van der Waals surface area contributed by atoms with Crippen molar-refractivity contribution in [2.45, 2.75) is 12.6 Å². The first kappa shape index (κ1) is 20.3. The SMILES string of the molecule is COc1cccc(C2/C(=C(/O)c3ccccc3OC)C(=O)C(=O)N2Cc2ccco2)c1. The largest absolute Gasteiger partial charge is 0.507 e. The number of hydrogen-bond acceptors (Lipinski definition) is 6. The van der Waals surface area contributed by atoms with Gasteiger partial charge in [-0.2, -0.15) is 0 Å². The Bertz CT molecular complexity index is 1150. The predicted octanol–water partition coefficient (Wildman–Crippen LogP) is 3.92. The molecule has 0 spiro atoms. The van der Waals surface area contributed by atoms with E-state index in [0.29, 0.717) is 28.4 Å². The molecule has 1 saturated heterocycles. The van der Waals surface area contributed by atoms with Crippen molar-refractivity contribution in [2.75, 3.05) is 14.2 Å². The molecule has 4 rings (SSSR count). The van der Waals surface area contributed by atoms with Crippen LogP contribution in [0.25, 0.3) is 5.76 Å². The maximum absolute atomic E-state index is 13.1. The van der Waals surface area contributed by atoms with Crippen molar-refractivity contribution in [3.63, 3.8) is 0 Å². The van der Waals surface area contributed by atoms with Crippen LogP contribution in [0.15, 0.2) is 76.9 Å². The van der Waals surface area contributed by atoms with Gasteiger partial charge in [0, 0.05) is 0 Å². The number of Topliss-reactive ketones (excluding diaryl/α,β-unsaturated/α-hetero) is 1. The highest BCUT2D eigenvalue weighted by Gasteiger charge is 2.46. The number of ether oxygens (including phenoxy) is 2. The van der Waals surface area contributed by atoms with Gasteiger partial charge < -0.3 is 23.9 Å². The summed E-state index contributed by atoms with van der Waals surface area (Å²) in [4.78, 5) is 27.5. The van der Waals surface area contributed by atoms with Gasteiger partial charge in [-0.15, -0.1) is 0 Å². The van der Waals surface area contributed by atoms with E-state index in [2.05, 4.69) is 0 Å². The monoisotopic (exact) mass is 419 g/mol. The highest BCUT2D eigenvalue weighted by Crippen LogP contribution is 2.42. The van der Waals surface area contributed by atoms with Gasteiger partial charge in [0.25, 0.3) is 11.7 Å². The number of amides is 1. The van der Waals surface area contributed by atoms with Crippen molar-refractivity contribution in [1.29, 1.82) is 0 Å². The minimum absolute atomic E-state index is 0.0192. The zero-order valence-electron chi connectivity index (χ0n) is 17.1. The second-order valence-corrected chi connectivity index (χ2v) is 6.98. The number of aliphatic hydroxyl groups excluding tert-OH is 1. The molecule has 7 heteroatoms. The molecule has 0 radical (unpaired) electrons. The zero-order valence-corrected chi connectivity index (χ0v) is 17.1. The Kier molecular flexibility index (Phi) is 5.49. The van der Waals surface area contributed by atoms with Crippen LogP contribution in [-0.2, 0) is 16.1 Å². The van der Waals surface area contributed by atoms with Crippen molar-refractivity contribution in [3.8, 4) is 11.5 Å². The molecule has 1 fully saturated rings. The van der Waals surface area contributed by atoms with E-state index in [4.69, 9.17) is 13.9 Å². The molecular formula is C24H21NO6. The Morgan fingerprint density at radius 3 is 2.55 bits per heavy atom. The normalized spacial score (nSPS) is 17.7. The smallest absolute Gasteiger partial charge is 0.296 e. The van der Waals surface area contributed by atoms with E-state index in [1.54, 1.807) is 60.7 Å². The summed E-state index contributed by atoms with van der Waals surface area (Å²) in [6, 6.07) is 16.4. The van der Waals surface area contributed by atoms with Gasteiger partial charge in [0.15, 0.2) is 0 Å². The Hall–Kier alpha value is -4.00. The van der Waals surface area contributed by atoms with E-state index in [1.165, 1.54) is 25.4 Å². The van der Waals surface area contributed by atoms with Crippen LogP contribution < -0.4 is 9.47 Å². The number of ketones is 1. The third kappa shape index (κ3) is 3.66. The lowest BCUT2D eigenvalue weighted by atomic mass is 9.95. The molecule has 1 aliphatic rings. The molecule has 2 aromatic carbocycles. The number of carbonyl (C=O) groups excluding carboxylic acids is 2. The highest BCUT2D eigenvalue weighted by atomic mass is 16.5. The molecule has 1 N–H and O–H groups in total. The molecule has 0 bridgehead atoms. The van der Waals surface area contributed by atoms with Crippen molar-refractivity contribution >= 4 is 17.4 Å². The molecule has 3 aromatic rings. The number of hydrogen-bond donors (Lipinski definition) is 1. The minimum Gasteiger partial charge on any atom is -0.507 e. The van der Waals surface area contributed by atoms with Crippen LogP contribution in [0, 0.1) is 0 Å². The first-order valence-electron chi connectivity index (χ1n) is 9.63. The van der Waals surface area contributed by atoms with E-state index in [0.717, 1.165) is 0 Å². The topological polar surface area (TPSA) is 89.2 Å². The van der Waals surface area contributed by atoms with Gasteiger partial charge in [-0.05, 0) is 42.0 Å². The van der Waals surface area contributed by atoms with Crippen molar-refractivity contribution in [1.82, 2.24) is 4.90 Å². The average Bonchev–Trinajstić information content (AvgIpc) is 3.41. The number of furan rings is 1. The van der Waals surface area contributed by atoms with Crippen LogP contribution in [0.4, 0.5) is 0 Å². The summed E-state index contributed by atoms with van der Waals surface area (Å²) in [5.41, 5.74) is 0.935. The lowest BCUT2D eigenvalue weighted by molar-refractivity contribution is -0.140. The van der Waals surface area contributed by atoms with E-state index < -0.39 is 17.7 Å². The number of aliphatic hydroxyl groups is 1. The van der Waals surface area contributed by atoms with Crippen LogP contribution in [-0.4, -0.2) is 35.9 Å². The van der Waals surface area contributed by atoms with Crippen molar-refractivity contribution in [2.24, 2.45) is 0 Å². The molecule has 1 atom stereocenters. The molecule has 1 unspecified atom stereocenters. The van der Waals surface area contributed by atoms with E-state index in [1.807, 2.05) is 0 Å². The molecule has 1 aliphatic heterocycles. The predicted molar refractivity (Wildman–Crippen MR) is 113 cm³/mol. The van der Waals surface area contributed by atoms with E-state index in [9.17, 15) is 14.7 Å². The minimum atomic E-state index is -0.829. The summed E-state index contributed by atoms with van der Waals surface area (Å²) < 4.78 is 16.1. The molecule has 7 nitrogen and oxygen atoms in total. The molecule has 0 aliphatic carbocycles. The second kappa shape index (κ2) is 8.39. The summed E-state index contributed by atoms with van der Waals surface area (Å²) in [5.74, 6) is -0.318. The molecular weight excluding hydrogens is 398 g/mol. The number of likely N-dealkylation sites (tertiary alicyclic amines) is 1. The molecule has 1 aromatic heterocycles. The Morgan fingerprint density at radius 1 is 1.03 bits per heavy atom. The first-order valence-corrected chi connectivity index (χ1v) is 9.63. The lowest BCUT2D eigenvalue weighted by Crippen LogP contribution is -2.29. The van der Waals surface area contributed by atoms with Gasteiger partial charge in [-0.25, -0.2) is 0 Å². The molecule has 31 heavy (non-hydrogen) atoms. The van der Waals surface area contributed by atoms with Gasteiger partial charge >= 0.3 is 0 Å². The third-order valence-corrected chi connectivity index (χ3v) is 5.22. The standard InChI is InChI=1S/C24H21NO6/c1-29-16-8-5-7-15(13-16)21-20(22(26)18-10-3-4-11-19(18)30-2)23(27)24(28)25(21)14-17-9-6-12-31-17/h3-13,21,26H,14H2,1-2H3/b22-20-. The van der Waals surface area contributed by atoms with Gasteiger partial charge in [0.1, 0.15) is 23.0 Å². The fourth-order valence-electron chi connectivity index (χ4n) is 3.76. The summed E-state index contributed by atoms with van der Waals surface area (Å²) >= 11 is 0. The van der Waals surface area contributed by atoms with Crippen LogP contribution in [0.5, 0.6) is 11.5 Å². The van der Waals surface area contributed by atoms with Crippen LogP contribution in [0.1, 0.15) is 22.9 Å². The Balaban J connectivity index is 1.91. The van der Waals surface area contributed by atoms with Gasteiger partial charge in [-0.1, -0.05) is 24.3 Å². The summed E-state index contributed by atoms with van der Waals surface area (Å²) in [6.45, 7) is 0.0716. The number of carbonyl (C=O) groups is 2. The quantitative estimate of drug-likeness (QED) is 0.370. The van der Waals surface area contributed by atoms with Crippen LogP contribution in [0.3, 0.4) is 0 Å². The number of methoxy groups -OCH3 is 2. The summed E-state index contributed by atoms with van der Waals surface area (Å²) in [6.07, 6.45) is 1.50. The third-order valence-electron chi connectivity index (χ3n) is 5.22. The number of para-hydroxylation sites is 1.